The van der Waals surface area contributed by atoms with E-state index in [0.717, 1.165) is 11.3 Å². The van der Waals surface area contributed by atoms with Crippen LogP contribution < -0.4 is 10.6 Å². The molecular weight excluding hydrogens is 244 g/mol. The van der Waals surface area contributed by atoms with E-state index >= 15 is 0 Å². The number of carbonyl (C=O) groups excluding carboxylic acids is 1. The largest absolute Gasteiger partial charge is 0.480 e. The van der Waals surface area contributed by atoms with Gasteiger partial charge < -0.3 is 10.4 Å². The Hall–Kier alpha value is -1.88. The number of benzene rings is 1. The van der Waals surface area contributed by atoms with Crippen LogP contribution in [-0.2, 0) is 9.59 Å². The maximum absolute atomic E-state index is 11.7. The topological polar surface area (TPSA) is 78.4 Å². The molecule has 0 radical (unpaired) electrons. The fourth-order valence-corrected chi connectivity index (χ4v) is 1.51. The number of amides is 1. The average Bonchev–Trinajstić information content (AvgIpc) is 2.36. The van der Waals surface area contributed by atoms with Crippen molar-refractivity contribution in [2.45, 2.75) is 32.7 Å². The first-order chi connectivity index (χ1) is 8.90. The van der Waals surface area contributed by atoms with Gasteiger partial charge in [-0.15, -0.1) is 0 Å². The first kappa shape index (κ1) is 15.2. The molecule has 0 saturated heterocycles. The van der Waals surface area contributed by atoms with Crippen LogP contribution in [0.1, 0.15) is 32.3 Å². The quantitative estimate of drug-likeness (QED) is 0.732. The van der Waals surface area contributed by atoms with E-state index in [-0.39, 0.29) is 12.5 Å². The molecule has 0 aliphatic heterocycles. The summed E-state index contributed by atoms with van der Waals surface area (Å²) in [5, 5.41) is 14.1. The smallest absolute Gasteiger partial charge is 0.320 e. The van der Waals surface area contributed by atoms with E-state index < -0.39 is 12.0 Å². The summed E-state index contributed by atoms with van der Waals surface area (Å²) >= 11 is 0. The lowest BCUT2D eigenvalue weighted by molar-refractivity contribution is -0.139. The number of carbonyl (C=O) groups is 2. The van der Waals surface area contributed by atoms with Crippen molar-refractivity contribution in [1.29, 1.82) is 0 Å². The van der Waals surface area contributed by atoms with Crippen molar-refractivity contribution in [2.24, 2.45) is 0 Å². The summed E-state index contributed by atoms with van der Waals surface area (Å²) in [5.74, 6) is -0.842. The molecule has 1 aromatic carbocycles. The zero-order chi connectivity index (χ0) is 14.4. The molecule has 0 fully saturated rings. The van der Waals surface area contributed by atoms with Gasteiger partial charge in [0.05, 0.1) is 6.54 Å². The number of aliphatic carboxylic acids is 1. The molecule has 0 saturated carbocycles. The van der Waals surface area contributed by atoms with E-state index in [2.05, 4.69) is 24.5 Å². The molecule has 19 heavy (non-hydrogen) atoms. The Morgan fingerprint density at radius 2 is 1.95 bits per heavy atom. The summed E-state index contributed by atoms with van der Waals surface area (Å²) in [7, 11) is 0. The zero-order valence-electron chi connectivity index (χ0n) is 11.4. The Kier molecular flexibility index (Phi) is 5.51. The third-order valence-corrected chi connectivity index (χ3v) is 2.78. The van der Waals surface area contributed by atoms with Crippen molar-refractivity contribution in [3.8, 4) is 0 Å². The van der Waals surface area contributed by atoms with Crippen LogP contribution in [0.5, 0.6) is 0 Å². The fourth-order valence-electron chi connectivity index (χ4n) is 1.51. The lowest BCUT2D eigenvalue weighted by atomic mass is 10.0. The summed E-state index contributed by atoms with van der Waals surface area (Å²) in [4.78, 5) is 22.2. The molecule has 104 valence electrons. The van der Waals surface area contributed by atoms with Crippen LogP contribution >= 0.6 is 0 Å². The predicted molar refractivity (Wildman–Crippen MR) is 74.3 cm³/mol. The Bertz CT molecular complexity index is 458. The van der Waals surface area contributed by atoms with E-state index in [1.807, 2.05) is 24.3 Å². The van der Waals surface area contributed by atoms with Gasteiger partial charge in [-0.3, -0.25) is 14.9 Å². The summed E-state index contributed by atoms with van der Waals surface area (Å²) < 4.78 is 0. The highest BCUT2D eigenvalue weighted by molar-refractivity contribution is 5.92. The molecular formula is C14H20N2O3. The number of rotatable bonds is 6. The number of hydrogen-bond donors (Lipinski definition) is 3. The second kappa shape index (κ2) is 6.89. The number of anilines is 1. The molecule has 1 aromatic rings. The van der Waals surface area contributed by atoms with Gasteiger partial charge in [0.1, 0.15) is 6.04 Å². The third-order valence-electron chi connectivity index (χ3n) is 2.78. The summed E-state index contributed by atoms with van der Waals surface area (Å²) in [6.45, 7) is 5.63. The molecule has 1 amide bonds. The molecule has 0 bridgehead atoms. The Labute approximate surface area is 113 Å². The zero-order valence-corrected chi connectivity index (χ0v) is 11.4. The minimum atomic E-state index is -0.977. The van der Waals surface area contributed by atoms with Gasteiger partial charge in [0.25, 0.3) is 0 Å². The molecule has 0 aliphatic rings. The van der Waals surface area contributed by atoms with E-state index in [1.54, 1.807) is 0 Å². The number of carboxylic acids is 1. The molecule has 5 heteroatoms. The predicted octanol–water partition coefficient (Wildman–Crippen LogP) is 1.81. The van der Waals surface area contributed by atoms with Crippen LogP contribution in [0, 0.1) is 0 Å². The molecule has 0 aromatic heterocycles. The van der Waals surface area contributed by atoms with E-state index in [1.165, 1.54) is 6.92 Å². The maximum atomic E-state index is 11.7. The monoisotopic (exact) mass is 264 g/mol. The maximum Gasteiger partial charge on any atom is 0.320 e. The van der Waals surface area contributed by atoms with Crippen LogP contribution in [0.3, 0.4) is 0 Å². The highest BCUT2D eigenvalue weighted by Crippen LogP contribution is 2.18. The van der Waals surface area contributed by atoms with Crippen LogP contribution in [0.2, 0.25) is 0 Å². The third kappa shape index (κ3) is 5.09. The standard InChI is InChI=1S/C14H20N2O3/c1-9(2)11-5-4-6-12(7-11)16-13(17)8-15-10(3)14(18)19/h4-7,9-10,15H,8H2,1-3H3,(H,16,17)(H,18,19)/t10-/m0/s1. The molecule has 0 unspecified atom stereocenters. The molecule has 0 spiro atoms. The summed E-state index contributed by atoms with van der Waals surface area (Å²) in [6, 6.07) is 6.88. The van der Waals surface area contributed by atoms with Crippen molar-refractivity contribution in [3.05, 3.63) is 29.8 Å². The van der Waals surface area contributed by atoms with Crippen molar-refractivity contribution in [2.75, 3.05) is 11.9 Å². The van der Waals surface area contributed by atoms with Gasteiger partial charge in [-0.2, -0.15) is 0 Å². The summed E-state index contributed by atoms with van der Waals surface area (Å²) in [5.41, 5.74) is 1.87. The second-order valence-electron chi connectivity index (χ2n) is 4.77. The SMILES string of the molecule is CC(C)c1cccc(NC(=O)CN[C@@H](C)C(=O)O)c1. The summed E-state index contributed by atoms with van der Waals surface area (Å²) in [6.07, 6.45) is 0. The van der Waals surface area contributed by atoms with Gasteiger partial charge in [0.2, 0.25) is 5.91 Å². The molecule has 0 heterocycles. The van der Waals surface area contributed by atoms with Gasteiger partial charge >= 0.3 is 5.97 Å². The fraction of sp³-hybridized carbons (Fsp3) is 0.429. The van der Waals surface area contributed by atoms with Crippen molar-refractivity contribution < 1.29 is 14.7 Å². The van der Waals surface area contributed by atoms with Crippen LogP contribution in [-0.4, -0.2) is 29.6 Å². The molecule has 3 N–H and O–H groups in total. The molecule has 5 nitrogen and oxygen atoms in total. The second-order valence-corrected chi connectivity index (χ2v) is 4.77. The molecule has 1 atom stereocenters. The van der Waals surface area contributed by atoms with Gasteiger partial charge in [0, 0.05) is 5.69 Å². The van der Waals surface area contributed by atoms with Gasteiger partial charge in [-0.25, -0.2) is 0 Å². The number of carboxylic acid groups (broad SMARTS) is 1. The average molecular weight is 264 g/mol. The highest BCUT2D eigenvalue weighted by atomic mass is 16.4. The van der Waals surface area contributed by atoms with Crippen molar-refractivity contribution >= 4 is 17.6 Å². The van der Waals surface area contributed by atoms with Crippen LogP contribution in [0.4, 0.5) is 5.69 Å². The first-order valence-electron chi connectivity index (χ1n) is 6.26. The van der Waals surface area contributed by atoms with Crippen molar-refractivity contribution in [3.63, 3.8) is 0 Å². The first-order valence-corrected chi connectivity index (χ1v) is 6.26. The van der Waals surface area contributed by atoms with Crippen LogP contribution in [0.25, 0.3) is 0 Å². The van der Waals surface area contributed by atoms with E-state index in [0.29, 0.717) is 5.92 Å². The molecule has 0 aliphatic carbocycles. The van der Waals surface area contributed by atoms with E-state index in [4.69, 9.17) is 5.11 Å². The number of hydrogen-bond acceptors (Lipinski definition) is 3. The van der Waals surface area contributed by atoms with E-state index in [9.17, 15) is 9.59 Å². The van der Waals surface area contributed by atoms with Gasteiger partial charge in [-0.05, 0) is 30.5 Å². The minimum absolute atomic E-state index is 0.0284. The Morgan fingerprint density at radius 1 is 1.26 bits per heavy atom. The lowest BCUT2D eigenvalue weighted by Gasteiger charge is -2.11. The molecule has 1 rings (SSSR count). The normalized spacial score (nSPS) is 12.2. The van der Waals surface area contributed by atoms with Gasteiger partial charge in [-0.1, -0.05) is 26.0 Å². The van der Waals surface area contributed by atoms with Gasteiger partial charge in [0.15, 0.2) is 0 Å². The van der Waals surface area contributed by atoms with Crippen LogP contribution in [0.15, 0.2) is 24.3 Å². The van der Waals surface area contributed by atoms with Crippen molar-refractivity contribution in [1.82, 2.24) is 5.32 Å². The number of nitrogens with one attached hydrogen (secondary N) is 2. The Morgan fingerprint density at radius 3 is 2.53 bits per heavy atom. The highest BCUT2D eigenvalue weighted by Gasteiger charge is 2.11. The lowest BCUT2D eigenvalue weighted by Crippen LogP contribution is -2.39. The Balaban J connectivity index is 2.53. The minimum Gasteiger partial charge on any atom is -0.480 e.